The summed E-state index contributed by atoms with van der Waals surface area (Å²) >= 11 is 1.33. The van der Waals surface area contributed by atoms with Crippen molar-refractivity contribution in [2.75, 3.05) is 5.75 Å². The van der Waals surface area contributed by atoms with Gasteiger partial charge in [-0.1, -0.05) is 30.5 Å². The summed E-state index contributed by atoms with van der Waals surface area (Å²) in [6.07, 6.45) is 1.54. The molecule has 0 radical (unpaired) electrons. The predicted molar refractivity (Wildman–Crippen MR) is 85.8 cm³/mol. The van der Waals surface area contributed by atoms with E-state index >= 15 is 0 Å². The van der Waals surface area contributed by atoms with Crippen molar-refractivity contribution in [1.29, 1.82) is 0 Å². The fourth-order valence-electron chi connectivity index (χ4n) is 1.82. The zero-order valence-electron chi connectivity index (χ0n) is 11.6. The first-order valence-corrected chi connectivity index (χ1v) is 7.56. The Labute approximate surface area is 131 Å². The number of nitrogens with zero attached hydrogens (tertiary/aromatic N) is 1. The summed E-state index contributed by atoms with van der Waals surface area (Å²) < 4.78 is 5.16. The van der Waals surface area contributed by atoms with Crippen LogP contribution in [0.15, 0.2) is 58.8 Å². The molecule has 0 atom stereocenters. The van der Waals surface area contributed by atoms with Gasteiger partial charge in [0, 0.05) is 0 Å². The maximum Gasteiger partial charge on any atom is 0.248 e. The van der Waals surface area contributed by atoms with Crippen LogP contribution in [-0.2, 0) is 4.79 Å². The van der Waals surface area contributed by atoms with Gasteiger partial charge in [-0.3, -0.25) is 15.6 Å². The topological polar surface area (TPSA) is 83.0 Å². The van der Waals surface area contributed by atoms with Crippen LogP contribution in [-0.4, -0.2) is 21.6 Å². The minimum absolute atomic E-state index is 0.182. The summed E-state index contributed by atoms with van der Waals surface area (Å²) in [5.41, 5.74) is 7.61. The lowest BCUT2D eigenvalue weighted by molar-refractivity contribution is -0.119. The number of hydrogen-bond donors (Lipinski definition) is 3. The third-order valence-electron chi connectivity index (χ3n) is 2.88. The van der Waals surface area contributed by atoms with Crippen LogP contribution < -0.4 is 10.9 Å². The molecular formula is C15H14N4O2S. The summed E-state index contributed by atoms with van der Waals surface area (Å²) in [5, 5.41) is 0.709. The lowest BCUT2D eigenvalue weighted by Crippen LogP contribution is -2.36. The van der Waals surface area contributed by atoms with Gasteiger partial charge in [0.2, 0.25) is 5.91 Å². The van der Waals surface area contributed by atoms with Crippen LogP contribution in [0.4, 0.5) is 0 Å². The highest BCUT2D eigenvalue weighted by Gasteiger charge is 2.08. The van der Waals surface area contributed by atoms with Gasteiger partial charge in [-0.15, -0.1) is 0 Å². The van der Waals surface area contributed by atoms with Crippen LogP contribution in [0.5, 0.6) is 0 Å². The number of fused-ring (bicyclic) bond motifs is 1. The van der Waals surface area contributed by atoms with E-state index in [4.69, 9.17) is 4.42 Å². The summed E-state index contributed by atoms with van der Waals surface area (Å²) in [5.74, 6) is 0.626. The molecule has 0 spiro atoms. The van der Waals surface area contributed by atoms with Crippen LogP contribution >= 0.6 is 11.8 Å². The van der Waals surface area contributed by atoms with E-state index in [9.17, 15) is 4.79 Å². The molecule has 1 amide bonds. The van der Waals surface area contributed by atoms with Gasteiger partial charge in [0.1, 0.15) is 0 Å². The third kappa shape index (κ3) is 3.32. The Morgan fingerprint density at radius 3 is 2.91 bits per heavy atom. The lowest BCUT2D eigenvalue weighted by Gasteiger charge is -2.08. The SMILES string of the molecule is C=C(NNC(=O)CSc1nc2ccccc2[nH]1)c1ccco1. The van der Waals surface area contributed by atoms with E-state index in [1.807, 2.05) is 24.3 Å². The van der Waals surface area contributed by atoms with Crippen molar-refractivity contribution in [3.05, 3.63) is 55.0 Å². The predicted octanol–water partition coefficient (Wildman–Crippen LogP) is 2.54. The molecular weight excluding hydrogens is 300 g/mol. The molecule has 3 N–H and O–H groups in total. The normalized spacial score (nSPS) is 10.5. The zero-order valence-corrected chi connectivity index (χ0v) is 12.4. The monoisotopic (exact) mass is 314 g/mol. The van der Waals surface area contributed by atoms with Crippen LogP contribution in [0.1, 0.15) is 5.76 Å². The van der Waals surface area contributed by atoms with E-state index in [-0.39, 0.29) is 11.7 Å². The molecule has 22 heavy (non-hydrogen) atoms. The second kappa shape index (κ2) is 6.40. The molecule has 0 fully saturated rings. The molecule has 0 saturated heterocycles. The largest absolute Gasteiger partial charge is 0.463 e. The average molecular weight is 314 g/mol. The molecule has 2 aromatic heterocycles. The number of carbonyl (C=O) groups is 1. The van der Waals surface area contributed by atoms with Gasteiger partial charge in [-0.05, 0) is 24.3 Å². The molecule has 0 aliphatic carbocycles. The molecule has 3 rings (SSSR count). The van der Waals surface area contributed by atoms with Gasteiger partial charge >= 0.3 is 0 Å². The fraction of sp³-hybridized carbons (Fsp3) is 0.0667. The van der Waals surface area contributed by atoms with Gasteiger partial charge in [-0.2, -0.15) is 0 Å². The van der Waals surface area contributed by atoms with Crippen molar-refractivity contribution in [3.8, 4) is 0 Å². The smallest absolute Gasteiger partial charge is 0.248 e. The lowest BCUT2D eigenvalue weighted by atomic mass is 10.3. The molecule has 0 unspecified atom stereocenters. The number of furan rings is 1. The van der Waals surface area contributed by atoms with Crippen molar-refractivity contribution >= 4 is 34.4 Å². The number of hydrazine groups is 1. The van der Waals surface area contributed by atoms with Crippen molar-refractivity contribution in [2.45, 2.75) is 5.16 Å². The first-order chi connectivity index (χ1) is 10.7. The highest BCUT2D eigenvalue weighted by Crippen LogP contribution is 2.18. The quantitative estimate of drug-likeness (QED) is 0.481. The van der Waals surface area contributed by atoms with Crippen molar-refractivity contribution < 1.29 is 9.21 Å². The van der Waals surface area contributed by atoms with Crippen molar-refractivity contribution in [2.24, 2.45) is 0 Å². The minimum atomic E-state index is -0.182. The Balaban J connectivity index is 1.49. The Kier molecular flexibility index (Phi) is 4.15. The summed E-state index contributed by atoms with van der Waals surface area (Å²) in [4.78, 5) is 19.3. The number of thioether (sulfide) groups is 1. The van der Waals surface area contributed by atoms with E-state index in [1.54, 1.807) is 18.4 Å². The van der Waals surface area contributed by atoms with E-state index in [0.717, 1.165) is 11.0 Å². The number of aromatic amines is 1. The maximum atomic E-state index is 11.8. The summed E-state index contributed by atoms with van der Waals surface area (Å²) in [6.45, 7) is 3.77. The molecule has 0 aliphatic rings. The van der Waals surface area contributed by atoms with Gasteiger partial charge in [0.15, 0.2) is 10.9 Å². The van der Waals surface area contributed by atoms with E-state index in [1.165, 1.54) is 11.8 Å². The van der Waals surface area contributed by atoms with Gasteiger partial charge in [0.25, 0.3) is 0 Å². The molecule has 6 nitrogen and oxygen atoms in total. The second-order valence-corrected chi connectivity index (χ2v) is 5.44. The second-order valence-electron chi connectivity index (χ2n) is 4.48. The Bertz CT molecular complexity index is 762. The minimum Gasteiger partial charge on any atom is -0.463 e. The highest BCUT2D eigenvalue weighted by atomic mass is 32.2. The molecule has 7 heteroatoms. The van der Waals surface area contributed by atoms with E-state index in [2.05, 4.69) is 27.4 Å². The molecule has 2 heterocycles. The highest BCUT2D eigenvalue weighted by molar-refractivity contribution is 7.99. The number of carbonyl (C=O) groups excluding carboxylic acids is 1. The summed E-state index contributed by atoms with van der Waals surface area (Å²) in [6, 6.07) is 11.2. The molecule has 0 bridgehead atoms. The van der Waals surface area contributed by atoms with E-state index in [0.29, 0.717) is 16.6 Å². The number of para-hydroxylation sites is 2. The van der Waals surface area contributed by atoms with Crippen LogP contribution in [0.25, 0.3) is 16.7 Å². The third-order valence-corrected chi connectivity index (χ3v) is 3.75. The van der Waals surface area contributed by atoms with Crippen LogP contribution in [0.2, 0.25) is 0 Å². The first-order valence-electron chi connectivity index (χ1n) is 6.57. The molecule has 0 saturated carbocycles. The summed E-state index contributed by atoms with van der Waals surface area (Å²) in [7, 11) is 0. The number of nitrogens with one attached hydrogen (secondary N) is 3. The van der Waals surface area contributed by atoms with E-state index < -0.39 is 0 Å². The van der Waals surface area contributed by atoms with Crippen LogP contribution in [0.3, 0.4) is 0 Å². The molecule has 1 aromatic carbocycles. The number of aromatic nitrogens is 2. The molecule has 112 valence electrons. The van der Waals surface area contributed by atoms with Crippen LogP contribution in [0, 0.1) is 0 Å². The first kappa shape index (κ1) is 14.3. The number of amides is 1. The molecule has 3 aromatic rings. The van der Waals surface area contributed by atoms with Crippen molar-refractivity contribution in [1.82, 2.24) is 20.8 Å². The Morgan fingerprint density at radius 2 is 2.14 bits per heavy atom. The number of hydrogen-bond acceptors (Lipinski definition) is 5. The fourth-order valence-corrected chi connectivity index (χ4v) is 2.51. The number of benzene rings is 1. The van der Waals surface area contributed by atoms with Gasteiger partial charge in [-0.25, -0.2) is 4.98 Å². The standard InChI is InChI=1S/C15H14N4O2S/c1-10(13-7-4-8-21-13)18-19-14(20)9-22-15-16-11-5-2-3-6-12(11)17-15/h2-8,18H,1,9H2,(H,16,17)(H,19,20). The van der Waals surface area contributed by atoms with Crippen molar-refractivity contribution in [3.63, 3.8) is 0 Å². The Morgan fingerprint density at radius 1 is 1.27 bits per heavy atom. The number of H-pyrrole nitrogens is 1. The Hall–Kier alpha value is -2.67. The molecule has 0 aliphatic heterocycles. The maximum absolute atomic E-state index is 11.8. The van der Waals surface area contributed by atoms with Gasteiger partial charge < -0.3 is 9.40 Å². The number of imidazole rings is 1. The average Bonchev–Trinajstić information content (AvgIpc) is 3.19. The zero-order chi connectivity index (χ0) is 15.4. The number of rotatable bonds is 6. The van der Waals surface area contributed by atoms with Gasteiger partial charge in [0.05, 0.1) is 28.7 Å².